The van der Waals surface area contributed by atoms with Gasteiger partial charge in [-0.2, -0.15) is 0 Å². The SMILES string of the molecule is CO/C=P/P(P)c1ccccc1. The summed E-state index contributed by atoms with van der Waals surface area (Å²) in [5.74, 6) is 1.83. The van der Waals surface area contributed by atoms with Gasteiger partial charge in [-0.1, -0.05) is 39.3 Å². The van der Waals surface area contributed by atoms with E-state index in [1.54, 1.807) is 7.11 Å². The predicted molar refractivity (Wildman–Crippen MR) is 62.7 cm³/mol. The third kappa shape index (κ3) is 3.30. The summed E-state index contributed by atoms with van der Waals surface area (Å²) in [5, 5.41) is 1.38. The van der Waals surface area contributed by atoms with Gasteiger partial charge in [0.05, 0.1) is 5.98 Å². The van der Waals surface area contributed by atoms with Crippen LogP contribution in [0, 0.1) is 0 Å². The normalized spacial score (nSPS) is 13.5. The average Bonchev–Trinajstić information content (AvgIpc) is 2.15. The van der Waals surface area contributed by atoms with E-state index < -0.39 is 0 Å². The Morgan fingerprint density at radius 1 is 1.42 bits per heavy atom. The van der Waals surface area contributed by atoms with Crippen LogP contribution < -0.4 is 5.30 Å². The molecule has 2 atom stereocenters. The Morgan fingerprint density at radius 3 is 2.67 bits per heavy atom. The molecule has 12 heavy (non-hydrogen) atoms. The fourth-order valence-electron chi connectivity index (χ4n) is 0.745. The summed E-state index contributed by atoms with van der Waals surface area (Å²) in [6.07, 6.45) is 0. The molecule has 0 radical (unpaired) electrons. The van der Waals surface area contributed by atoms with Crippen LogP contribution in [0.3, 0.4) is 0 Å². The number of ether oxygens (including phenoxy) is 1. The number of benzene rings is 1. The first-order chi connectivity index (χ1) is 5.84. The van der Waals surface area contributed by atoms with Gasteiger partial charge < -0.3 is 4.74 Å². The molecule has 0 aliphatic carbocycles. The van der Waals surface area contributed by atoms with E-state index in [2.05, 4.69) is 33.2 Å². The first kappa shape index (κ1) is 10.3. The zero-order chi connectivity index (χ0) is 8.81. The van der Waals surface area contributed by atoms with Gasteiger partial charge in [0, 0.05) is 7.11 Å². The summed E-state index contributed by atoms with van der Waals surface area (Å²) in [6, 6.07) is 10.5. The van der Waals surface area contributed by atoms with Gasteiger partial charge in [-0.3, -0.25) is 0 Å². The van der Waals surface area contributed by atoms with Gasteiger partial charge in [0.1, 0.15) is 0 Å². The molecule has 0 amide bonds. The molecule has 0 fully saturated rings. The van der Waals surface area contributed by atoms with E-state index in [-0.39, 0.29) is 7.30 Å². The van der Waals surface area contributed by atoms with Crippen molar-refractivity contribution in [3.63, 3.8) is 0 Å². The molecule has 1 aromatic carbocycles. The van der Waals surface area contributed by atoms with E-state index in [9.17, 15) is 0 Å². The fraction of sp³-hybridized carbons (Fsp3) is 0.125. The molecule has 0 saturated carbocycles. The van der Waals surface area contributed by atoms with Gasteiger partial charge in [0.25, 0.3) is 0 Å². The van der Waals surface area contributed by atoms with Gasteiger partial charge in [-0.15, -0.1) is 0 Å². The van der Waals surface area contributed by atoms with E-state index in [4.69, 9.17) is 4.74 Å². The highest BCUT2D eigenvalue weighted by atomic mass is 32.4. The fourth-order valence-corrected chi connectivity index (χ4v) is 3.95. The van der Waals surface area contributed by atoms with E-state index >= 15 is 0 Å². The zero-order valence-corrected chi connectivity index (χ0v) is 9.79. The van der Waals surface area contributed by atoms with Crippen molar-refractivity contribution in [1.82, 2.24) is 0 Å². The Hall–Kier alpha value is 0.210. The number of rotatable bonds is 3. The molecule has 64 valence electrons. The molecule has 1 aromatic rings. The van der Waals surface area contributed by atoms with E-state index in [0.29, 0.717) is 0 Å². The first-order valence-electron chi connectivity index (χ1n) is 3.49. The maximum atomic E-state index is 4.90. The molecule has 1 rings (SSSR count). The lowest BCUT2D eigenvalue weighted by Crippen LogP contribution is -1.90. The van der Waals surface area contributed by atoms with Crippen LogP contribution in [-0.2, 0) is 4.74 Å². The molecule has 0 aliphatic heterocycles. The standard InChI is InChI=1S/C8H11OP3/c1-9-7-11-12(10)8-5-3-2-4-6-8/h2-7H,10H2,1H3. The molecule has 1 nitrogen and oxygen atoms in total. The van der Waals surface area contributed by atoms with Crippen molar-refractivity contribution < 1.29 is 4.74 Å². The summed E-state index contributed by atoms with van der Waals surface area (Å²) >= 11 is 0. The van der Waals surface area contributed by atoms with Gasteiger partial charge in [0.15, 0.2) is 0 Å². The van der Waals surface area contributed by atoms with Crippen LogP contribution >= 0.6 is 24.1 Å². The molecule has 0 aromatic heterocycles. The quantitative estimate of drug-likeness (QED) is 0.706. The van der Waals surface area contributed by atoms with Crippen molar-refractivity contribution >= 4 is 35.4 Å². The average molecular weight is 216 g/mol. The molecule has 0 aliphatic rings. The van der Waals surface area contributed by atoms with Crippen molar-refractivity contribution in [2.45, 2.75) is 0 Å². The molecule has 0 heterocycles. The summed E-state index contributed by atoms with van der Waals surface area (Å²) in [4.78, 5) is 0. The Labute approximate surface area is 78.1 Å². The van der Waals surface area contributed by atoms with Crippen molar-refractivity contribution in [1.29, 1.82) is 0 Å². The minimum Gasteiger partial charge on any atom is -0.352 e. The summed E-state index contributed by atoms with van der Waals surface area (Å²) < 4.78 is 4.90. The number of methoxy groups -OCH3 is 1. The predicted octanol–water partition coefficient (Wildman–Crippen LogP) is 2.85. The Morgan fingerprint density at radius 2 is 2.08 bits per heavy atom. The second kappa shape index (κ2) is 5.79. The lowest BCUT2D eigenvalue weighted by atomic mass is 10.4. The van der Waals surface area contributed by atoms with Crippen LogP contribution in [-0.4, -0.2) is 13.1 Å². The second-order valence-electron chi connectivity index (χ2n) is 2.14. The van der Waals surface area contributed by atoms with Crippen molar-refractivity contribution in [2.75, 3.05) is 7.11 Å². The van der Waals surface area contributed by atoms with Gasteiger partial charge >= 0.3 is 0 Å². The molecule has 0 saturated heterocycles. The van der Waals surface area contributed by atoms with E-state index in [1.807, 2.05) is 12.0 Å². The topological polar surface area (TPSA) is 9.23 Å². The Balaban J connectivity index is 2.65. The molecule has 4 heteroatoms. The molecule has 0 spiro atoms. The van der Waals surface area contributed by atoms with Crippen LogP contribution in [0.25, 0.3) is 0 Å². The third-order valence-corrected chi connectivity index (χ3v) is 6.50. The lowest BCUT2D eigenvalue weighted by Gasteiger charge is -2.04. The smallest absolute Gasteiger partial charge is 0.0660 e. The van der Waals surface area contributed by atoms with Crippen molar-refractivity contribution in [3.05, 3.63) is 30.3 Å². The lowest BCUT2D eigenvalue weighted by molar-refractivity contribution is 0.432. The van der Waals surface area contributed by atoms with Crippen LogP contribution in [0.5, 0.6) is 0 Å². The maximum Gasteiger partial charge on any atom is 0.0660 e. The largest absolute Gasteiger partial charge is 0.352 e. The Kier molecular flexibility index (Phi) is 4.96. The van der Waals surface area contributed by atoms with E-state index in [0.717, 1.165) is 0 Å². The number of hydrogen-bond donors (Lipinski definition) is 0. The molecule has 0 N–H and O–H groups in total. The van der Waals surface area contributed by atoms with Crippen LogP contribution in [0.15, 0.2) is 30.3 Å². The van der Waals surface area contributed by atoms with E-state index in [1.165, 1.54) is 13.2 Å². The van der Waals surface area contributed by atoms with Crippen LogP contribution in [0.2, 0.25) is 0 Å². The summed E-state index contributed by atoms with van der Waals surface area (Å²) in [6.45, 7) is 0. The van der Waals surface area contributed by atoms with Gasteiger partial charge in [0.2, 0.25) is 0 Å². The first-order valence-corrected chi connectivity index (χ1v) is 8.12. The Bertz CT molecular complexity index is 248. The monoisotopic (exact) mass is 216 g/mol. The molecule has 2 unspecified atom stereocenters. The second-order valence-corrected chi connectivity index (χ2v) is 8.62. The van der Waals surface area contributed by atoms with Crippen molar-refractivity contribution in [2.24, 2.45) is 0 Å². The highest BCUT2D eigenvalue weighted by molar-refractivity contribution is 8.50. The summed E-state index contributed by atoms with van der Waals surface area (Å²) in [5.41, 5.74) is 0. The van der Waals surface area contributed by atoms with Crippen LogP contribution in [0.1, 0.15) is 0 Å². The van der Waals surface area contributed by atoms with Gasteiger partial charge in [-0.05, 0) is 20.5 Å². The maximum absolute atomic E-state index is 4.90. The van der Waals surface area contributed by atoms with Crippen molar-refractivity contribution in [3.8, 4) is 0 Å². The molecular weight excluding hydrogens is 205 g/mol. The zero-order valence-electron chi connectivity index (χ0n) is 6.84. The van der Waals surface area contributed by atoms with Crippen LogP contribution in [0.4, 0.5) is 0 Å². The summed E-state index contributed by atoms with van der Waals surface area (Å²) in [7, 11) is 5.61. The molecular formula is C8H11OP3. The molecule has 0 bridgehead atoms. The minimum atomic E-state index is -0.173. The number of hydrogen-bond acceptors (Lipinski definition) is 1. The highest BCUT2D eigenvalue weighted by Gasteiger charge is 1.98. The highest BCUT2D eigenvalue weighted by Crippen LogP contribution is 2.55. The van der Waals surface area contributed by atoms with Gasteiger partial charge in [-0.25, -0.2) is 0 Å². The third-order valence-electron chi connectivity index (χ3n) is 1.30. The minimum absolute atomic E-state index is 0.173.